The second kappa shape index (κ2) is 6.79. The van der Waals surface area contributed by atoms with Gasteiger partial charge in [-0.3, -0.25) is 9.89 Å². The number of phenolic OH excluding ortho intramolecular Hbond substituents is 1. The molecule has 4 rings (SSSR count). The number of benzene rings is 2. The first-order valence-electron chi connectivity index (χ1n) is 8.96. The van der Waals surface area contributed by atoms with Crippen LogP contribution in [0.4, 0.5) is 0 Å². The number of methoxy groups -OCH3 is 1. The molecule has 1 aliphatic rings. The van der Waals surface area contributed by atoms with E-state index in [2.05, 4.69) is 17.1 Å². The lowest BCUT2D eigenvalue weighted by Gasteiger charge is -2.26. The van der Waals surface area contributed by atoms with Crippen molar-refractivity contribution < 1.29 is 14.6 Å². The number of H-pyrrole nitrogens is 1. The van der Waals surface area contributed by atoms with Crippen LogP contribution in [0.25, 0.3) is 11.3 Å². The molecule has 0 unspecified atom stereocenters. The fourth-order valence-electron chi connectivity index (χ4n) is 3.66. The molecule has 2 heterocycles. The number of nitrogens with one attached hydrogen (secondary N) is 1. The Kier molecular flexibility index (Phi) is 4.32. The molecule has 138 valence electrons. The fourth-order valence-corrected chi connectivity index (χ4v) is 3.66. The number of aromatic nitrogens is 2. The molecule has 6 nitrogen and oxygen atoms in total. The van der Waals surface area contributed by atoms with E-state index in [9.17, 15) is 9.90 Å². The lowest BCUT2D eigenvalue weighted by atomic mass is 9.96. The van der Waals surface area contributed by atoms with Crippen LogP contribution in [0, 0.1) is 0 Å². The molecule has 2 N–H and O–H groups in total. The average Bonchev–Trinajstić information content (AvgIpc) is 3.23. The van der Waals surface area contributed by atoms with Crippen LogP contribution in [0.3, 0.4) is 0 Å². The zero-order chi connectivity index (χ0) is 19.0. The molecule has 0 saturated heterocycles. The van der Waals surface area contributed by atoms with Gasteiger partial charge in [-0.2, -0.15) is 5.10 Å². The van der Waals surface area contributed by atoms with Gasteiger partial charge in [-0.1, -0.05) is 31.2 Å². The van der Waals surface area contributed by atoms with Crippen LogP contribution >= 0.6 is 0 Å². The average molecular weight is 363 g/mol. The van der Waals surface area contributed by atoms with Gasteiger partial charge in [0, 0.05) is 17.7 Å². The van der Waals surface area contributed by atoms with Crippen molar-refractivity contribution >= 4 is 5.91 Å². The highest BCUT2D eigenvalue weighted by Crippen LogP contribution is 2.43. The quantitative estimate of drug-likeness (QED) is 0.724. The molecule has 1 amide bonds. The molecule has 0 bridgehead atoms. The summed E-state index contributed by atoms with van der Waals surface area (Å²) in [5.74, 6) is 0.886. The van der Waals surface area contributed by atoms with Gasteiger partial charge >= 0.3 is 0 Å². The maximum absolute atomic E-state index is 13.0. The van der Waals surface area contributed by atoms with Crippen molar-refractivity contribution in [2.24, 2.45) is 0 Å². The monoisotopic (exact) mass is 363 g/mol. The minimum atomic E-state index is -0.243. The zero-order valence-corrected chi connectivity index (χ0v) is 15.3. The number of ether oxygens (including phenoxy) is 1. The normalized spacial score (nSPS) is 15.9. The molecule has 1 aliphatic heterocycles. The number of carbonyl (C=O) groups excluding carboxylic acids is 1. The Hall–Kier alpha value is -3.28. The third kappa shape index (κ3) is 2.83. The lowest BCUT2D eigenvalue weighted by Crippen LogP contribution is -2.30. The second-order valence-electron chi connectivity index (χ2n) is 6.59. The van der Waals surface area contributed by atoms with Gasteiger partial charge < -0.3 is 14.7 Å². The summed E-state index contributed by atoms with van der Waals surface area (Å²) >= 11 is 0. The molecule has 3 aromatic rings. The zero-order valence-electron chi connectivity index (χ0n) is 15.3. The summed E-state index contributed by atoms with van der Waals surface area (Å²) in [5, 5.41) is 17.0. The number of amides is 1. The Bertz CT molecular complexity index is 979. The van der Waals surface area contributed by atoms with Crippen LogP contribution in [-0.2, 0) is 0 Å². The largest absolute Gasteiger partial charge is 0.508 e. The topological polar surface area (TPSA) is 78.5 Å². The summed E-state index contributed by atoms with van der Waals surface area (Å²) in [7, 11) is 1.62. The molecule has 27 heavy (non-hydrogen) atoms. The van der Waals surface area contributed by atoms with Crippen molar-refractivity contribution in [1.29, 1.82) is 0 Å². The number of aromatic hydroxyl groups is 1. The highest BCUT2D eigenvalue weighted by Gasteiger charge is 2.41. The van der Waals surface area contributed by atoms with E-state index in [1.54, 1.807) is 19.2 Å². The summed E-state index contributed by atoms with van der Waals surface area (Å²) in [4.78, 5) is 14.8. The molecular weight excluding hydrogens is 342 g/mol. The Morgan fingerprint density at radius 1 is 1.22 bits per heavy atom. The molecule has 0 aliphatic carbocycles. The highest BCUT2D eigenvalue weighted by molar-refractivity contribution is 6.00. The molecule has 0 radical (unpaired) electrons. The summed E-state index contributed by atoms with van der Waals surface area (Å²) in [6.45, 7) is 2.69. The number of rotatable bonds is 5. The summed E-state index contributed by atoms with van der Waals surface area (Å²) in [6, 6.07) is 14.4. The van der Waals surface area contributed by atoms with Crippen LogP contribution in [0.1, 0.15) is 41.0 Å². The number of fused-ring (bicyclic) bond motifs is 1. The number of nitrogens with zero attached hydrogens (tertiary/aromatic N) is 2. The van der Waals surface area contributed by atoms with Crippen molar-refractivity contribution in [1.82, 2.24) is 15.1 Å². The Balaban J connectivity index is 1.88. The van der Waals surface area contributed by atoms with Gasteiger partial charge in [0.2, 0.25) is 0 Å². The van der Waals surface area contributed by atoms with Gasteiger partial charge in [0.15, 0.2) is 0 Å². The van der Waals surface area contributed by atoms with Crippen molar-refractivity contribution in [3.63, 3.8) is 0 Å². The van der Waals surface area contributed by atoms with Crippen molar-refractivity contribution in [2.75, 3.05) is 13.7 Å². The SMILES string of the molecule is CCCN1C(=O)c2[nH]nc(-c3cccc(OC)c3)c2[C@@H]1c1ccc(O)cc1. The van der Waals surface area contributed by atoms with Crippen LogP contribution < -0.4 is 4.74 Å². The van der Waals surface area contributed by atoms with E-state index in [1.807, 2.05) is 41.3 Å². The minimum absolute atomic E-state index is 0.0495. The van der Waals surface area contributed by atoms with Crippen molar-refractivity contribution in [3.05, 3.63) is 65.4 Å². The summed E-state index contributed by atoms with van der Waals surface area (Å²) in [5.41, 5.74) is 3.97. The molecule has 1 aromatic heterocycles. The minimum Gasteiger partial charge on any atom is -0.508 e. The summed E-state index contributed by atoms with van der Waals surface area (Å²) in [6.07, 6.45) is 0.854. The second-order valence-corrected chi connectivity index (χ2v) is 6.59. The number of hydrogen-bond acceptors (Lipinski definition) is 4. The first-order chi connectivity index (χ1) is 13.1. The predicted molar refractivity (Wildman–Crippen MR) is 102 cm³/mol. The molecule has 0 spiro atoms. The third-order valence-corrected chi connectivity index (χ3v) is 4.88. The van der Waals surface area contributed by atoms with Crippen molar-refractivity contribution in [3.8, 4) is 22.8 Å². The number of hydrogen-bond donors (Lipinski definition) is 2. The first-order valence-corrected chi connectivity index (χ1v) is 8.96. The fraction of sp³-hybridized carbons (Fsp3) is 0.238. The highest BCUT2D eigenvalue weighted by atomic mass is 16.5. The van der Waals surface area contributed by atoms with Crippen LogP contribution in [0.15, 0.2) is 48.5 Å². The number of phenols is 1. The standard InChI is InChI=1S/C21H21N3O3/c1-3-11-24-20(13-7-9-15(25)10-8-13)17-18(22-23-19(17)21(24)26)14-5-4-6-16(12-14)27-2/h4-10,12,20,25H,3,11H2,1-2H3,(H,22,23)/t20-/m0/s1. The maximum atomic E-state index is 13.0. The van der Waals surface area contributed by atoms with Gasteiger partial charge in [-0.15, -0.1) is 0 Å². The Morgan fingerprint density at radius 2 is 2.00 bits per heavy atom. The molecule has 0 saturated carbocycles. The number of carbonyl (C=O) groups is 1. The molecule has 0 fully saturated rings. The smallest absolute Gasteiger partial charge is 0.273 e. The molecule has 1 atom stereocenters. The van der Waals surface area contributed by atoms with E-state index in [1.165, 1.54) is 0 Å². The van der Waals surface area contributed by atoms with Crippen molar-refractivity contribution in [2.45, 2.75) is 19.4 Å². The predicted octanol–water partition coefficient (Wildman–Crippen LogP) is 3.75. The van der Waals surface area contributed by atoms with E-state index >= 15 is 0 Å². The lowest BCUT2D eigenvalue weighted by molar-refractivity contribution is 0.0744. The van der Waals surface area contributed by atoms with Crippen LogP contribution in [-0.4, -0.2) is 39.8 Å². The van der Waals surface area contributed by atoms with Gasteiger partial charge in [-0.05, 0) is 36.2 Å². The van der Waals surface area contributed by atoms with Gasteiger partial charge in [0.05, 0.1) is 18.8 Å². The Labute approximate surface area is 157 Å². The van der Waals surface area contributed by atoms with E-state index in [0.717, 1.165) is 34.6 Å². The molecular formula is C21H21N3O3. The van der Waals surface area contributed by atoms with E-state index < -0.39 is 0 Å². The van der Waals surface area contributed by atoms with E-state index in [4.69, 9.17) is 4.74 Å². The third-order valence-electron chi connectivity index (χ3n) is 4.88. The van der Waals surface area contributed by atoms with Crippen LogP contribution in [0.2, 0.25) is 0 Å². The first kappa shape index (κ1) is 17.1. The Morgan fingerprint density at radius 3 is 2.70 bits per heavy atom. The molecule has 2 aromatic carbocycles. The van der Waals surface area contributed by atoms with Gasteiger partial charge in [-0.25, -0.2) is 0 Å². The van der Waals surface area contributed by atoms with Gasteiger partial charge in [0.25, 0.3) is 5.91 Å². The van der Waals surface area contributed by atoms with E-state index in [0.29, 0.717) is 12.2 Å². The molecule has 6 heteroatoms. The van der Waals surface area contributed by atoms with Crippen LogP contribution in [0.5, 0.6) is 11.5 Å². The summed E-state index contributed by atoms with van der Waals surface area (Å²) < 4.78 is 5.33. The van der Waals surface area contributed by atoms with E-state index in [-0.39, 0.29) is 17.7 Å². The van der Waals surface area contributed by atoms with Gasteiger partial charge in [0.1, 0.15) is 17.2 Å². The number of aromatic amines is 1. The maximum Gasteiger partial charge on any atom is 0.273 e.